The van der Waals surface area contributed by atoms with Crippen molar-refractivity contribution in [2.45, 2.75) is 39.7 Å². The molecule has 0 bridgehead atoms. The highest BCUT2D eigenvalue weighted by atomic mass is 15.0. The molecule has 1 N–H and O–H groups in total. The minimum Gasteiger partial charge on any atom is -0.312 e. The Bertz CT molecular complexity index is 615. The SMILES string of the molecule is Cc1ccc(-c2nc3c(c(C(C)C)n2)CNCC3)cc1. The van der Waals surface area contributed by atoms with Crippen LogP contribution in [0.4, 0.5) is 0 Å². The highest BCUT2D eigenvalue weighted by Crippen LogP contribution is 2.26. The molecule has 0 saturated heterocycles. The van der Waals surface area contributed by atoms with E-state index >= 15 is 0 Å². The molecule has 0 amide bonds. The molecule has 3 nitrogen and oxygen atoms in total. The molecule has 0 unspecified atom stereocenters. The van der Waals surface area contributed by atoms with Crippen molar-refractivity contribution < 1.29 is 0 Å². The zero-order chi connectivity index (χ0) is 14.1. The first-order chi connectivity index (χ1) is 9.65. The van der Waals surface area contributed by atoms with E-state index in [9.17, 15) is 0 Å². The van der Waals surface area contributed by atoms with Crippen LogP contribution in [0.5, 0.6) is 0 Å². The topological polar surface area (TPSA) is 37.8 Å². The van der Waals surface area contributed by atoms with Crippen LogP contribution in [0, 0.1) is 6.92 Å². The number of nitrogens with zero attached hydrogens (tertiary/aromatic N) is 2. The first kappa shape index (κ1) is 13.3. The van der Waals surface area contributed by atoms with Crippen LogP contribution in [0.25, 0.3) is 11.4 Å². The van der Waals surface area contributed by atoms with Gasteiger partial charge in [0.25, 0.3) is 0 Å². The van der Waals surface area contributed by atoms with Crippen LogP contribution in [0.15, 0.2) is 24.3 Å². The number of nitrogens with one attached hydrogen (secondary N) is 1. The molecule has 2 heterocycles. The van der Waals surface area contributed by atoms with Gasteiger partial charge >= 0.3 is 0 Å². The minimum atomic E-state index is 0.427. The van der Waals surface area contributed by atoms with E-state index in [0.717, 1.165) is 30.9 Å². The van der Waals surface area contributed by atoms with E-state index in [0.29, 0.717) is 5.92 Å². The smallest absolute Gasteiger partial charge is 0.159 e. The van der Waals surface area contributed by atoms with Gasteiger partial charge in [-0.05, 0) is 12.8 Å². The van der Waals surface area contributed by atoms with Crippen molar-refractivity contribution >= 4 is 0 Å². The summed E-state index contributed by atoms with van der Waals surface area (Å²) in [6.07, 6.45) is 0.996. The lowest BCUT2D eigenvalue weighted by Crippen LogP contribution is -2.27. The number of fused-ring (bicyclic) bond motifs is 1. The van der Waals surface area contributed by atoms with Gasteiger partial charge in [-0.3, -0.25) is 0 Å². The molecule has 0 atom stereocenters. The van der Waals surface area contributed by atoms with Gasteiger partial charge in [0, 0.05) is 30.6 Å². The second-order valence-electron chi connectivity index (χ2n) is 5.81. The van der Waals surface area contributed by atoms with E-state index in [-0.39, 0.29) is 0 Å². The summed E-state index contributed by atoms with van der Waals surface area (Å²) >= 11 is 0. The predicted octanol–water partition coefficient (Wildman–Crippen LogP) is 3.22. The highest BCUT2D eigenvalue weighted by Gasteiger charge is 2.19. The Morgan fingerprint density at radius 2 is 1.85 bits per heavy atom. The lowest BCUT2D eigenvalue weighted by Gasteiger charge is -2.21. The second-order valence-corrected chi connectivity index (χ2v) is 5.81. The molecule has 1 aromatic carbocycles. The average Bonchev–Trinajstić information content (AvgIpc) is 2.46. The van der Waals surface area contributed by atoms with Crippen LogP contribution in [-0.4, -0.2) is 16.5 Å². The first-order valence-corrected chi connectivity index (χ1v) is 7.32. The zero-order valence-electron chi connectivity index (χ0n) is 12.4. The molecular weight excluding hydrogens is 246 g/mol. The van der Waals surface area contributed by atoms with Crippen molar-refractivity contribution in [1.29, 1.82) is 0 Å². The van der Waals surface area contributed by atoms with Crippen molar-refractivity contribution in [2.75, 3.05) is 6.54 Å². The van der Waals surface area contributed by atoms with Crippen LogP contribution in [0.2, 0.25) is 0 Å². The standard InChI is InChI=1S/C17H21N3/c1-11(2)16-14-10-18-9-8-15(14)19-17(20-16)13-6-4-12(3)5-7-13/h4-7,11,18H,8-10H2,1-3H3. The van der Waals surface area contributed by atoms with Gasteiger partial charge in [-0.15, -0.1) is 0 Å². The van der Waals surface area contributed by atoms with Gasteiger partial charge in [-0.25, -0.2) is 9.97 Å². The number of aryl methyl sites for hydroxylation is 1. The van der Waals surface area contributed by atoms with E-state index in [2.05, 4.69) is 50.4 Å². The molecule has 0 saturated carbocycles. The van der Waals surface area contributed by atoms with E-state index < -0.39 is 0 Å². The first-order valence-electron chi connectivity index (χ1n) is 7.32. The maximum Gasteiger partial charge on any atom is 0.159 e. The van der Waals surface area contributed by atoms with Gasteiger partial charge in [-0.2, -0.15) is 0 Å². The van der Waals surface area contributed by atoms with Crippen molar-refractivity contribution in [3.63, 3.8) is 0 Å². The molecule has 0 fully saturated rings. The van der Waals surface area contributed by atoms with Crippen LogP contribution in [0.1, 0.15) is 42.3 Å². The Hall–Kier alpha value is -1.74. The van der Waals surface area contributed by atoms with Gasteiger partial charge in [0.2, 0.25) is 0 Å². The molecule has 0 aliphatic carbocycles. The third-order valence-electron chi connectivity index (χ3n) is 3.82. The van der Waals surface area contributed by atoms with Crippen LogP contribution in [-0.2, 0) is 13.0 Å². The van der Waals surface area contributed by atoms with Gasteiger partial charge in [0.1, 0.15) is 0 Å². The predicted molar refractivity (Wildman–Crippen MR) is 81.7 cm³/mol. The third-order valence-corrected chi connectivity index (χ3v) is 3.82. The number of aromatic nitrogens is 2. The van der Waals surface area contributed by atoms with Crippen LogP contribution >= 0.6 is 0 Å². The Morgan fingerprint density at radius 3 is 2.55 bits per heavy atom. The number of rotatable bonds is 2. The largest absolute Gasteiger partial charge is 0.312 e. The van der Waals surface area contributed by atoms with E-state index in [1.807, 2.05) is 0 Å². The van der Waals surface area contributed by atoms with Gasteiger partial charge < -0.3 is 5.32 Å². The van der Waals surface area contributed by atoms with Crippen molar-refractivity contribution in [2.24, 2.45) is 0 Å². The Kier molecular flexibility index (Phi) is 3.53. The number of hydrogen-bond donors (Lipinski definition) is 1. The summed E-state index contributed by atoms with van der Waals surface area (Å²) in [5.41, 5.74) is 6.09. The van der Waals surface area contributed by atoms with E-state index in [1.54, 1.807) is 0 Å². The third kappa shape index (κ3) is 2.46. The summed E-state index contributed by atoms with van der Waals surface area (Å²) in [5, 5.41) is 3.42. The quantitative estimate of drug-likeness (QED) is 0.908. The minimum absolute atomic E-state index is 0.427. The average molecular weight is 267 g/mol. The molecule has 20 heavy (non-hydrogen) atoms. The van der Waals surface area contributed by atoms with Gasteiger partial charge in [0.15, 0.2) is 5.82 Å². The maximum absolute atomic E-state index is 4.83. The number of hydrogen-bond acceptors (Lipinski definition) is 3. The molecule has 104 valence electrons. The fourth-order valence-corrected chi connectivity index (χ4v) is 2.68. The van der Waals surface area contributed by atoms with E-state index in [1.165, 1.54) is 22.5 Å². The summed E-state index contributed by atoms with van der Waals surface area (Å²) in [4.78, 5) is 9.64. The Labute approximate surface area is 120 Å². The maximum atomic E-state index is 4.83. The lowest BCUT2D eigenvalue weighted by atomic mass is 9.98. The monoisotopic (exact) mass is 267 g/mol. The fourth-order valence-electron chi connectivity index (χ4n) is 2.68. The molecular formula is C17H21N3. The Morgan fingerprint density at radius 1 is 1.10 bits per heavy atom. The molecule has 0 spiro atoms. The fraction of sp³-hybridized carbons (Fsp3) is 0.412. The van der Waals surface area contributed by atoms with Crippen molar-refractivity contribution in [3.8, 4) is 11.4 Å². The summed E-state index contributed by atoms with van der Waals surface area (Å²) < 4.78 is 0. The zero-order valence-corrected chi connectivity index (χ0v) is 12.4. The van der Waals surface area contributed by atoms with E-state index in [4.69, 9.17) is 9.97 Å². The molecule has 2 aromatic rings. The van der Waals surface area contributed by atoms with Crippen molar-refractivity contribution in [3.05, 3.63) is 46.8 Å². The summed E-state index contributed by atoms with van der Waals surface area (Å²) in [6.45, 7) is 8.42. The molecule has 1 aromatic heterocycles. The molecule has 3 heteroatoms. The lowest BCUT2D eigenvalue weighted by molar-refractivity contribution is 0.609. The van der Waals surface area contributed by atoms with Crippen LogP contribution in [0.3, 0.4) is 0 Å². The van der Waals surface area contributed by atoms with Crippen molar-refractivity contribution in [1.82, 2.24) is 15.3 Å². The summed E-state index contributed by atoms with van der Waals surface area (Å²) in [5.74, 6) is 1.30. The Balaban J connectivity index is 2.12. The summed E-state index contributed by atoms with van der Waals surface area (Å²) in [6, 6.07) is 8.47. The van der Waals surface area contributed by atoms with Gasteiger partial charge in [0.05, 0.1) is 11.4 Å². The molecule has 1 aliphatic heterocycles. The molecule has 3 rings (SSSR count). The van der Waals surface area contributed by atoms with Gasteiger partial charge in [-0.1, -0.05) is 43.7 Å². The second kappa shape index (κ2) is 5.33. The molecule has 1 aliphatic rings. The summed E-state index contributed by atoms with van der Waals surface area (Å²) in [7, 11) is 0. The van der Waals surface area contributed by atoms with Crippen LogP contribution < -0.4 is 5.32 Å². The normalized spacial score (nSPS) is 14.4. The number of benzene rings is 1. The molecule has 0 radical (unpaired) electrons. The highest BCUT2D eigenvalue weighted by molar-refractivity contribution is 5.56.